The van der Waals surface area contributed by atoms with Gasteiger partial charge in [0.2, 0.25) is 5.91 Å². The lowest BCUT2D eigenvalue weighted by atomic mass is 10.0. The summed E-state index contributed by atoms with van der Waals surface area (Å²) in [6.07, 6.45) is 0.930. The highest BCUT2D eigenvalue weighted by molar-refractivity contribution is 7.98. The maximum atomic E-state index is 12.1. The summed E-state index contributed by atoms with van der Waals surface area (Å²) in [4.78, 5) is 33.2. The van der Waals surface area contributed by atoms with Gasteiger partial charge in [0.25, 0.3) is 0 Å². The molecule has 0 atom stereocenters. The number of ether oxygens (including phenoxy) is 1. The molecule has 1 aliphatic heterocycles. The number of hydrogen-bond donors (Lipinski definition) is 2. The van der Waals surface area contributed by atoms with E-state index in [9.17, 15) is 20.1 Å². The molecular formula is C30H39N7O3S. The maximum Gasteiger partial charge on any atom is 0.408 e. The molecule has 1 fully saturated rings. The van der Waals surface area contributed by atoms with Crippen molar-refractivity contribution < 1.29 is 14.3 Å². The van der Waals surface area contributed by atoms with Crippen LogP contribution in [-0.2, 0) is 28.2 Å². The summed E-state index contributed by atoms with van der Waals surface area (Å²) in [5, 5.41) is 25.9. The molecule has 3 rings (SSSR count). The number of thioether (sulfide) groups is 1. The molecule has 1 aliphatic rings. The average Bonchev–Trinajstić information content (AvgIpc) is 3.16. The Kier molecular flexibility index (Phi) is 11.4. The fourth-order valence-corrected chi connectivity index (χ4v) is 5.37. The SMILES string of the molecule is CCc1c(C#N)c(SCc2ccc(CNC(=O)CNC(=O)OC(C)(C)C)cc2)nc(N2CCCN(C)CC2)c1C#N. The average molecular weight is 578 g/mol. The molecule has 1 saturated heterocycles. The third-order valence-corrected chi connectivity index (χ3v) is 7.57. The number of rotatable bonds is 9. The number of pyridine rings is 1. The Morgan fingerprint density at radius 1 is 1.02 bits per heavy atom. The van der Waals surface area contributed by atoms with Crippen molar-refractivity contribution in [1.82, 2.24) is 20.5 Å². The van der Waals surface area contributed by atoms with Crippen molar-refractivity contribution in [2.24, 2.45) is 0 Å². The number of nitrogens with zero attached hydrogens (tertiary/aromatic N) is 5. The van der Waals surface area contributed by atoms with Crippen LogP contribution in [0.3, 0.4) is 0 Å². The Labute approximate surface area is 247 Å². The van der Waals surface area contributed by atoms with Crippen LogP contribution in [0.2, 0.25) is 0 Å². The van der Waals surface area contributed by atoms with Crippen molar-refractivity contribution in [2.45, 2.75) is 63.5 Å². The van der Waals surface area contributed by atoms with Crippen molar-refractivity contribution in [2.75, 3.05) is 44.7 Å². The van der Waals surface area contributed by atoms with E-state index in [0.717, 1.165) is 49.3 Å². The highest BCUT2D eigenvalue weighted by Crippen LogP contribution is 2.33. The summed E-state index contributed by atoms with van der Waals surface area (Å²) in [6.45, 7) is 10.9. The van der Waals surface area contributed by atoms with Crippen molar-refractivity contribution >= 4 is 29.6 Å². The number of benzene rings is 1. The van der Waals surface area contributed by atoms with Crippen LogP contribution >= 0.6 is 11.8 Å². The predicted molar refractivity (Wildman–Crippen MR) is 159 cm³/mol. The quantitative estimate of drug-likeness (QED) is 0.425. The standard InChI is InChI=1S/C30H39N7O3S/c1-6-23-24(16-31)27(37-13-7-12-36(5)14-15-37)35-28(25(23)17-32)41-20-22-10-8-21(9-11-22)18-33-26(38)19-34-29(39)40-30(2,3)4/h8-11H,6-7,12-15,18-20H2,1-5H3,(H,33,38)(H,34,39). The summed E-state index contributed by atoms with van der Waals surface area (Å²) < 4.78 is 5.13. The van der Waals surface area contributed by atoms with Crippen molar-refractivity contribution in [3.8, 4) is 12.1 Å². The highest BCUT2D eigenvalue weighted by Gasteiger charge is 2.24. The number of alkyl carbamates (subject to hydrolysis) is 1. The van der Waals surface area contributed by atoms with Gasteiger partial charge in [0.15, 0.2) is 0 Å². The molecule has 1 aromatic heterocycles. The molecule has 10 nitrogen and oxygen atoms in total. The normalized spacial score (nSPS) is 14.0. The van der Waals surface area contributed by atoms with Crippen molar-refractivity contribution in [1.29, 1.82) is 10.5 Å². The minimum Gasteiger partial charge on any atom is -0.444 e. The second-order valence-electron chi connectivity index (χ2n) is 10.9. The molecule has 1 aromatic carbocycles. The Morgan fingerprint density at radius 3 is 2.34 bits per heavy atom. The van der Waals surface area contributed by atoms with Crippen LogP contribution in [0.1, 0.15) is 61.9 Å². The Bertz CT molecular complexity index is 1310. The zero-order chi connectivity index (χ0) is 30.0. The largest absolute Gasteiger partial charge is 0.444 e. The predicted octanol–water partition coefficient (Wildman–Crippen LogP) is 3.96. The van der Waals surface area contributed by atoms with E-state index in [1.165, 1.54) is 11.8 Å². The van der Waals surface area contributed by atoms with E-state index >= 15 is 0 Å². The molecule has 0 aliphatic carbocycles. The number of likely N-dealkylation sites (N-methyl/N-ethyl adjacent to an activating group) is 1. The minimum atomic E-state index is -0.636. The van der Waals surface area contributed by atoms with Gasteiger partial charge in [0.05, 0.1) is 11.1 Å². The maximum absolute atomic E-state index is 12.1. The first-order valence-electron chi connectivity index (χ1n) is 13.8. The van der Waals surface area contributed by atoms with Gasteiger partial charge in [0.1, 0.15) is 35.1 Å². The molecule has 2 heterocycles. The molecule has 2 N–H and O–H groups in total. The lowest BCUT2D eigenvalue weighted by Crippen LogP contribution is -2.39. The molecule has 2 amide bonds. The summed E-state index contributed by atoms with van der Waals surface area (Å²) in [7, 11) is 2.10. The summed E-state index contributed by atoms with van der Waals surface area (Å²) in [6, 6.07) is 12.5. The van der Waals surface area contributed by atoms with E-state index < -0.39 is 11.7 Å². The first-order valence-corrected chi connectivity index (χ1v) is 14.8. The van der Waals surface area contributed by atoms with Crippen LogP contribution < -0.4 is 15.5 Å². The van der Waals surface area contributed by atoms with Gasteiger partial charge in [-0.2, -0.15) is 10.5 Å². The summed E-state index contributed by atoms with van der Waals surface area (Å²) in [5.74, 6) is 0.962. The molecule has 218 valence electrons. The van der Waals surface area contributed by atoms with Crippen LogP contribution in [0.5, 0.6) is 0 Å². The number of carbonyl (C=O) groups excluding carboxylic acids is 2. The molecule has 0 saturated carbocycles. The van der Waals surface area contributed by atoms with Crippen LogP contribution in [0, 0.1) is 22.7 Å². The number of nitriles is 2. The second-order valence-corrected chi connectivity index (χ2v) is 11.9. The van der Waals surface area contributed by atoms with E-state index in [0.29, 0.717) is 40.7 Å². The number of nitrogens with one attached hydrogen (secondary N) is 2. The second kappa shape index (κ2) is 14.7. The van der Waals surface area contributed by atoms with Crippen LogP contribution in [0.4, 0.5) is 10.6 Å². The van der Waals surface area contributed by atoms with Gasteiger partial charge in [-0.15, -0.1) is 11.8 Å². The van der Waals surface area contributed by atoms with Crippen molar-refractivity contribution in [3.63, 3.8) is 0 Å². The molecule has 0 bridgehead atoms. The number of carbonyl (C=O) groups is 2. The smallest absolute Gasteiger partial charge is 0.408 e. The summed E-state index contributed by atoms with van der Waals surface area (Å²) in [5.41, 5.74) is 3.07. The Morgan fingerprint density at radius 2 is 1.71 bits per heavy atom. The number of aromatic nitrogens is 1. The Balaban J connectivity index is 1.65. The molecule has 2 aromatic rings. The monoisotopic (exact) mass is 577 g/mol. The van der Waals surface area contributed by atoms with Crippen LogP contribution in [0.25, 0.3) is 0 Å². The molecule has 0 radical (unpaired) electrons. The van der Waals surface area contributed by atoms with E-state index in [1.807, 2.05) is 31.2 Å². The van der Waals surface area contributed by atoms with Gasteiger partial charge in [0, 0.05) is 31.9 Å². The minimum absolute atomic E-state index is 0.168. The molecule has 11 heteroatoms. The van der Waals surface area contributed by atoms with Gasteiger partial charge in [-0.1, -0.05) is 31.2 Å². The molecule has 0 spiro atoms. The van der Waals surface area contributed by atoms with E-state index in [1.54, 1.807) is 20.8 Å². The topological polar surface area (TPSA) is 134 Å². The third-order valence-electron chi connectivity index (χ3n) is 6.53. The van der Waals surface area contributed by atoms with E-state index in [4.69, 9.17) is 9.72 Å². The lowest BCUT2D eigenvalue weighted by Gasteiger charge is -2.25. The lowest BCUT2D eigenvalue weighted by molar-refractivity contribution is -0.120. The van der Waals surface area contributed by atoms with Crippen LogP contribution in [-0.4, -0.2) is 67.3 Å². The number of anilines is 1. The van der Waals surface area contributed by atoms with Gasteiger partial charge in [-0.3, -0.25) is 4.79 Å². The van der Waals surface area contributed by atoms with Crippen molar-refractivity contribution in [3.05, 3.63) is 52.1 Å². The van der Waals surface area contributed by atoms with E-state index in [2.05, 4.69) is 39.6 Å². The highest BCUT2D eigenvalue weighted by atomic mass is 32.2. The zero-order valence-electron chi connectivity index (χ0n) is 24.5. The first kappa shape index (κ1) is 31.7. The van der Waals surface area contributed by atoms with Gasteiger partial charge >= 0.3 is 6.09 Å². The van der Waals surface area contributed by atoms with Gasteiger partial charge in [-0.05, 0) is 63.9 Å². The van der Waals surface area contributed by atoms with Gasteiger partial charge in [-0.25, -0.2) is 9.78 Å². The fourth-order valence-electron chi connectivity index (χ4n) is 4.41. The molecule has 0 unspecified atom stereocenters. The number of hydrogen-bond acceptors (Lipinski definition) is 9. The molecule has 41 heavy (non-hydrogen) atoms. The first-order chi connectivity index (χ1) is 19.5. The van der Waals surface area contributed by atoms with Crippen LogP contribution in [0.15, 0.2) is 29.3 Å². The van der Waals surface area contributed by atoms with Gasteiger partial charge < -0.3 is 25.2 Å². The molecular weight excluding hydrogens is 538 g/mol. The van der Waals surface area contributed by atoms with E-state index in [-0.39, 0.29) is 12.5 Å². The summed E-state index contributed by atoms with van der Waals surface area (Å²) >= 11 is 1.49. The number of amides is 2. The fraction of sp³-hybridized carbons (Fsp3) is 0.500. The zero-order valence-corrected chi connectivity index (χ0v) is 25.4. The third kappa shape index (κ3) is 9.38. The Hall–Kier alpha value is -3.80.